The van der Waals surface area contributed by atoms with Gasteiger partial charge in [0.15, 0.2) is 0 Å². The van der Waals surface area contributed by atoms with Crippen LogP contribution in [0.4, 0.5) is 23.2 Å². The summed E-state index contributed by atoms with van der Waals surface area (Å²) in [5.41, 5.74) is 1.46. The van der Waals surface area contributed by atoms with Crippen LogP contribution in [0, 0.1) is 11.6 Å². The quantitative estimate of drug-likeness (QED) is 0.328. The fourth-order valence-electron chi connectivity index (χ4n) is 3.45. The smallest absolute Gasteiger partial charge is 0.387 e. The molecule has 6 nitrogen and oxygen atoms in total. The summed E-state index contributed by atoms with van der Waals surface area (Å²) >= 11 is 0. The van der Waals surface area contributed by atoms with Gasteiger partial charge in [0.25, 0.3) is 0 Å². The van der Waals surface area contributed by atoms with Crippen LogP contribution in [0.1, 0.15) is 28.8 Å². The Balaban J connectivity index is 1.78. The number of aliphatic hydroxyl groups is 1. The molecule has 188 valence electrons. The van der Waals surface area contributed by atoms with Crippen molar-refractivity contribution in [1.82, 2.24) is 5.32 Å². The molecule has 0 spiro atoms. The Kier molecular flexibility index (Phi) is 8.71. The molecule has 11 heteroatoms. The zero-order chi connectivity index (χ0) is 25.6. The molecular formula is C24H24F4N2O4S. The van der Waals surface area contributed by atoms with Crippen molar-refractivity contribution in [2.24, 2.45) is 0 Å². The molecule has 3 aromatic carbocycles. The maximum Gasteiger partial charge on any atom is 0.387 e. The first-order valence-electron chi connectivity index (χ1n) is 10.5. The summed E-state index contributed by atoms with van der Waals surface area (Å²) in [7, 11) is -3.72. The minimum atomic E-state index is -3.72. The maximum atomic E-state index is 14.0. The molecule has 0 aliphatic carbocycles. The Morgan fingerprint density at radius 1 is 0.943 bits per heavy atom. The van der Waals surface area contributed by atoms with Gasteiger partial charge in [-0.3, -0.25) is 4.72 Å². The van der Waals surface area contributed by atoms with Gasteiger partial charge in [-0.05, 0) is 59.5 Å². The minimum Gasteiger partial charge on any atom is -0.435 e. The van der Waals surface area contributed by atoms with E-state index in [1.54, 1.807) is 24.3 Å². The lowest BCUT2D eigenvalue weighted by Crippen LogP contribution is -2.28. The van der Waals surface area contributed by atoms with Gasteiger partial charge < -0.3 is 15.2 Å². The zero-order valence-corrected chi connectivity index (χ0v) is 19.4. The topological polar surface area (TPSA) is 87.7 Å². The molecule has 0 unspecified atom stereocenters. The van der Waals surface area contributed by atoms with E-state index >= 15 is 0 Å². The van der Waals surface area contributed by atoms with Crippen molar-refractivity contribution in [1.29, 1.82) is 0 Å². The maximum absolute atomic E-state index is 14.0. The van der Waals surface area contributed by atoms with Crippen LogP contribution >= 0.6 is 0 Å². The molecule has 3 N–H and O–H groups in total. The van der Waals surface area contributed by atoms with E-state index in [1.807, 2.05) is 0 Å². The van der Waals surface area contributed by atoms with Crippen molar-refractivity contribution < 1.29 is 35.8 Å². The number of hydrogen-bond acceptors (Lipinski definition) is 5. The van der Waals surface area contributed by atoms with Gasteiger partial charge in [0.05, 0.1) is 18.0 Å². The lowest BCUT2D eigenvalue weighted by Gasteiger charge is -2.22. The van der Waals surface area contributed by atoms with Gasteiger partial charge in [0, 0.05) is 12.6 Å². The van der Waals surface area contributed by atoms with E-state index in [-0.39, 0.29) is 23.5 Å². The van der Waals surface area contributed by atoms with Crippen LogP contribution in [0.5, 0.6) is 5.75 Å². The third-order valence-corrected chi connectivity index (χ3v) is 5.68. The summed E-state index contributed by atoms with van der Waals surface area (Å²) in [6.07, 6.45) is 0.133. The predicted octanol–water partition coefficient (Wildman–Crippen LogP) is 4.54. The highest BCUT2D eigenvalue weighted by molar-refractivity contribution is 7.92. The molecule has 2 atom stereocenters. The fraction of sp³-hybridized carbons (Fsp3) is 0.250. The molecule has 0 fully saturated rings. The second kappa shape index (κ2) is 11.5. The van der Waals surface area contributed by atoms with Crippen LogP contribution in [0.3, 0.4) is 0 Å². The van der Waals surface area contributed by atoms with Crippen LogP contribution in [0.15, 0.2) is 66.7 Å². The van der Waals surface area contributed by atoms with Crippen LogP contribution in [-0.2, 0) is 16.4 Å². The van der Waals surface area contributed by atoms with Gasteiger partial charge in [0.1, 0.15) is 17.4 Å². The molecule has 0 saturated carbocycles. The van der Waals surface area contributed by atoms with E-state index < -0.39 is 40.4 Å². The normalized spacial score (nSPS) is 13.5. The number of halogens is 4. The van der Waals surface area contributed by atoms with E-state index in [4.69, 9.17) is 0 Å². The molecule has 0 aliphatic rings. The fourth-order valence-corrected chi connectivity index (χ4v) is 4.00. The van der Waals surface area contributed by atoms with Gasteiger partial charge in [-0.15, -0.1) is 0 Å². The number of rotatable bonds is 11. The first-order chi connectivity index (χ1) is 16.5. The summed E-state index contributed by atoms with van der Waals surface area (Å²) in [5.74, 6) is -1.20. The van der Waals surface area contributed by atoms with Gasteiger partial charge in [-0.1, -0.05) is 30.3 Å². The number of alkyl halides is 2. The van der Waals surface area contributed by atoms with E-state index in [0.717, 1.165) is 17.9 Å². The third-order valence-electron chi connectivity index (χ3n) is 5.09. The van der Waals surface area contributed by atoms with Gasteiger partial charge >= 0.3 is 6.61 Å². The number of aliphatic hydroxyl groups excluding tert-OH is 1. The lowest BCUT2D eigenvalue weighted by molar-refractivity contribution is -0.0498. The summed E-state index contributed by atoms with van der Waals surface area (Å²) in [6.45, 7) is -2.97. The Labute approximate surface area is 200 Å². The summed E-state index contributed by atoms with van der Waals surface area (Å²) < 4.78 is 81.6. The van der Waals surface area contributed by atoms with Crippen LogP contribution in [0.2, 0.25) is 0 Å². The van der Waals surface area contributed by atoms with Crippen molar-refractivity contribution in [3.8, 4) is 5.75 Å². The average Bonchev–Trinajstić information content (AvgIpc) is 2.78. The number of ether oxygens (including phenoxy) is 1. The first kappa shape index (κ1) is 26.5. The van der Waals surface area contributed by atoms with Crippen molar-refractivity contribution in [3.05, 3.63) is 95.1 Å². The molecule has 3 aromatic rings. The molecule has 0 heterocycles. The number of benzene rings is 3. The monoisotopic (exact) mass is 512 g/mol. The van der Waals surface area contributed by atoms with Crippen molar-refractivity contribution in [3.63, 3.8) is 0 Å². The van der Waals surface area contributed by atoms with Crippen molar-refractivity contribution >= 4 is 15.7 Å². The average molecular weight is 513 g/mol. The number of hydrogen-bond donors (Lipinski definition) is 3. The Morgan fingerprint density at radius 2 is 1.57 bits per heavy atom. The standard InChI is InChI=1S/C24H24F4N2O4S/c1-35(32,33)30-22-13-17(6-11-20(22)26)23(31)14-29-21(12-15-2-7-18(25)8-3-15)16-4-9-19(10-5-16)34-24(27)28/h2-11,13,21,23-24,29-31H,12,14H2,1H3/t21-,23-/m1/s1. The lowest BCUT2D eigenvalue weighted by atomic mass is 9.98. The highest BCUT2D eigenvalue weighted by atomic mass is 32.2. The third kappa shape index (κ3) is 8.23. The number of anilines is 1. The molecule has 0 amide bonds. The largest absolute Gasteiger partial charge is 0.435 e. The number of sulfonamides is 1. The molecule has 0 radical (unpaired) electrons. The summed E-state index contributed by atoms with van der Waals surface area (Å²) in [6, 6.07) is 15.0. The van der Waals surface area contributed by atoms with Crippen LogP contribution in [0.25, 0.3) is 0 Å². The minimum absolute atomic E-state index is 0.00884. The van der Waals surface area contributed by atoms with E-state index in [1.165, 1.54) is 36.4 Å². The Hall–Kier alpha value is -3.15. The second-order valence-electron chi connectivity index (χ2n) is 7.87. The molecule has 0 saturated heterocycles. The Bertz CT molecular complexity index is 1220. The van der Waals surface area contributed by atoms with E-state index in [0.29, 0.717) is 12.0 Å². The molecule has 35 heavy (non-hydrogen) atoms. The first-order valence-corrected chi connectivity index (χ1v) is 12.4. The van der Waals surface area contributed by atoms with Gasteiger partial charge in [0.2, 0.25) is 10.0 Å². The van der Waals surface area contributed by atoms with Gasteiger partial charge in [-0.25, -0.2) is 17.2 Å². The molecular weight excluding hydrogens is 488 g/mol. The SMILES string of the molecule is CS(=O)(=O)Nc1cc([C@H](O)CN[C@H](Cc2ccc(F)cc2)c2ccc(OC(F)F)cc2)ccc1F. The number of nitrogens with one attached hydrogen (secondary N) is 2. The van der Waals surface area contributed by atoms with Crippen LogP contribution < -0.4 is 14.8 Å². The molecule has 0 aromatic heterocycles. The van der Waals surface area contributed by atoms with E-state index in [9.17, 15) is 31.1 Å². The predicted molar refractivity (Wildman–Crippen MR) is 124 cm³/mol. The Morgan fingerprint density at radius 3 is 2.17 bits per heavy atom. The van der Waals surface area contributed by atoms with E-state index in [2.05, 4.69) is 14.8 Å². The summed E-state index contributed by atoms with van der Waals surface area (Å²) in [4.78, 5) is 0. The molecule has 3 rings (SSSR count). The molecule has 0 aliphatic heterocycles. The van der Waals surface area contributed by atoms with Crippen LogP contribution in [-0.4, -0.2) is 32.9 Å². The molecule has 0 bridgehead atoms. The summed E-state index contributed by atoms with van der Waals surface area (Å²) in [5, 5.41) is 13.8. The highest BCUT2D eigenvalue weighted by Crippen LogP contribution is 2.25. The van der Waals surface area contributed by atoms with Crippen molar-refractivity contribution in [2.45, 2.75) is 25.2 Å². The highest BCUT2D eigenvalue weighted by Gasteiger charge is 2.18. The second-order valence-corrected chi connectivity index (χ2v) is 9.62. The zero-order valence-electron chi connectivity index (χ0n) is 18.6. The van der Waals surface area contributed by atoms with Crippen molar-refractivity contribution in [2.75, 3.05) is 17.5 Å². The van der Waals surface area contributed by atoms with Gasteiger partial charge in [-0.2, -0.15) is 8.78 Å².